The Morgan fingerprint density at radius 2 is 1.93 bits per heavy atom. The standard InChI is InChI=1S/C20H34N5O2/c1-5-6-7-8-12-25-16(14-24-11-9-10-15(2)13-24)21-18-17(25)19(26)23(4)20(27)22(18)3/h15,17H,5-14H2,1-4H3/q+1. The third-order valence-corrected chi connectivity index (χ3v) is 5.97. The third-order valence-electron chi connectivity index (χ3n) is 5.97. The molecule has 0 aromatic carbocycles. The summed E-state index contributed by atoms with van der Waals surface area (Å²) in [6, 6.07) is -0.745. The van der Waals surface area contributed by atoms with Gasteiger partial charge >= 0.3 is 11.9 Å². The van der Waals surface area contributed by atoms with Gasteiger partial charge in [0.25, 0.3) is 17.8 Å². The summed E-state index contributed by atoms with van der Waals surface area (Å²) in [5.74, 6) is 2.09. The van der Waals surface area contributed by atoms with E-state index in [9.17, 15) is 9.59 Å². The molecule has 0 radical (unpaired) electrons. The number of piperidine rings is 1. The van der Waals surface area contributed by atoms with Crippen molar-refractivity contribution >= 4 is 23.6 Å². The monoisotopic (exact) mass is 376 g/mol. The van der Waals surface area contributed by atoms with Gasteiger partial charge in [0.05, 0.1) is 6.54 Å². The molecular formula is C20H34N5O2+. The molecule has 3 rings (SSSR count). The van der Waals surface area contributed by atoms with Gasteiger partial charge in [-0.25, -0.2) is 9.37 Å². The zero-order valence-electron chi connectivity index (χ0n) is 17.3. The van der Waals surface area contributed by atoms with Gasteiger partial charge in [-0.15, -0.1) is 0 Å². The van der Waals surface area contributed by atoms with Gasteiger partial charge in [-0.1, -0.05) is 26.7 Å². The number of amides is 3. The van der Waals surface area contributed by atoms with Crippen LogP contribution in [0.5, 0.6) is 0 Å². The Labute approximate surface area is 162 Å². The number of likely N-dealkylation sites (tertiary alicyclic amines) is 1. The minimum atomic E-state index is -0.448. The Hall–Kier alpha value is -1.76. The van der Waals surface area contributed by atoms with E-state index in [2.05, 4.69) is 23.3 Å². The van der Waals surface area contributed by atoms with Crippen LogP contribution >= 0.6 is 0 Å². The molecule has 0 aromatic rings. The Bertz CT molecular complexity index is 657. The molecule has 3 heterocycles. The summed E-state index contributed by atoms with van der Waals surface area (Å²) >= 11 is 0. The average molecular weight is 377 g/mol. The fourth-order valence-electron chi connectivity index (χ4n) is 4.37. The maximum absolute atomic E-state index is 12.9. The second-order valence-electron chi connectivity index (χ2n) is 8.26. The predicted molar refractivity (Wildman–Crippen MR) is 106 cm³/mol. The van der Waals surface area contributed by atoms with E-state index in [1.807, 2.05) is 0 Å². The number of aliphatic imine (C=N–C) groups is 1. The van der Waals surface area contributed by atoms with Crippen molar-refractivity contribution < 1.29 is 14.2 Å². The Morgan fingerprint density at radius 1 is 1.15 bits per heavy atom. The molecule has 27 heavy (non-hydrogen) atoms. The van der Waals surface area contributed by atoms with Crippen molar-refractivity contribution in [3.8, 4) is 0 Å². The van der Waals surface area contributed by atoms with E-state index >= 15 is 0 Å². The van der Waals surface area contributed by atoms with Crippen molar-refractivity contribution in [2.75, 3.05) is 40.3 Å². The summed E-state index contributed by atoms with van der Waals surface area (Å²) in [7, 11) is 3.29. The van der Waals surface area contributed by atoms with Crippen LogP contribution in [0.25, 0.3) is 0 Å². The van der Waals surface area contributed by atoms with Gasteiger partial charge in [-0.05, 0) is 43.1 Å². The van der Waals surface area contributed by atoms with Crippen LogP contribution in [-0.4, -0.2) is 89.2 Å². The molecule has 0 aromatic heterocycles. The number of likely N-dealkylation sites (N-methyl/N-ethyl adjacent to an activating group) is 2. The first-order valence-electron chi connectivity index (χ1n) is 10.4. The largest absolute Gasteiger partial charge is 0.333 e. The van der Waals surface area contributed by atoms with Gasteiger partial charge in [0, 0.05) is 20.6 Å². The number of hydrogen-bond acceptors (Lipinski definition) is 4. The summed E-state index contributed by atoms with van der Waals surface area (Å²) in [6.07, 6.45) is 7.09. The molecule has 0 N–H and O–H groups in total. The summed E-state index contributed by atoms with van der Waals surface area (Å²) in [6.45, 7) is 8.23. The molecule has 2 saturated heterocycles. The van der Waals surface area contributed by atoms with E-state index in [1.54, 1.807) is 14.1 Å². The third kappa shape index (κ3) is 4.08. The molecule has 3 aliphatic rings. The van der Waals surface area contributed by atoms with Crippen molar-refractivity contribution in [1.82, 2.24) is 14.7 Å². The van der Waals surface area contributed by atoms with Gasteiger partial charge in [-0.3, -0.25) is 19.5 Å². The lowest BCUT2D eigenvalue weighted by molar-refractivity contribution is -0.537. The first-order chi connectivity index (χ1) is 12.9. The number of urea groups is 1. The number of carbonyl (C=O) groups is 2. The molecule has 2 unspecified atom stereocenters. The van der Waals surface area contributed by atoms with Crippen LogP contribution in [0.15, 0.2) is 4.99 Å². The average Bonchev–Trinajstić information content (AvgIpc) is 3.00. The first kappa shape index (κ1) is 20.0. The highest BCUT2D eigenvalue weighted by atomic mass is 16.2. The van der Waals surface area contributed by atoms with Crippen LogP contribution < -0.4 is 0 Å². The predicted octanol–water partition coefficient (Wildman–Crippen LogP) is 2.01. The molecule has 7 heteroatoms. The Morgan fingerprint density at radius 3 is 2.63 bits per heavy atom. The van der Waals surface area contributed by atoms with E-state index in [1.165, 1.54) is 35.5 Å². The number of hydrogen-bond donors (Lipinski definition) is 0. The second kappa shape index (κ2) is 8.50. The molecule has 0 bridgehead atoms. The summed E-state index contributed by atoms with van der Waals surface area (Å²) in [5.41, 5.74) is 0. The van der Waals surface area contributed by atoms with Crippen LogP contribution in [0.2, 0.25) is 0 Å². The topological polar surface area (TPSA) is 59.2 Å². The lowest BCUT2D eigenvalue weighted by Gasteiger charge is -2.31. The number of unbranched alkanes of at least 4 members (excludes halogenated alkanes) is 3. The van der Waals surface area contributed by atoms with Crippen LogP contribution in [0.3, 0.4) is 0 Å². The minimum Gasteiger partial charge on any atom is -0.292 e. The maximum atomic E-state index is 12.9. The van der Waals surface area contributed by atoms with Crippen LogP contribution in [-0.2, 0) is 4.79 Å². The normalized spacial score (nSPS) is 26.7. The smallest absolute Gasteiger partial charge is 0.292 e. The maximum Gasteiger partial charge on any atom is 0.333 e. The highest BCUT2D eigenvalue weighted by Gasteiger charge is 2.52. The number of rotatable bonds is 7. The molecule has 0 spiro atoms. The number of imide groups is 1. The molecular weight excluding hydrogens is 342 g/mol. The van der Waals surface area contributed by atoms with Gasteiger partial charge in [0.1, 0.15) is 6.54 Å². The number of fused-ring (bicyclic) bond motifs is 1. The summed E-state index contributed by atoms with van der Waals surface area (Å²) < 4.78 is 2.16. The van der Waals surface area contributed by atoms with Crippen molar-refractivity contribution in [3.05, 3.63) is 0 Å². The molecule has 3 aliphatic heterocycles. The molecule has 7 nitrogen and oxygen atoms in total. The Kier molecular flexibility index (Phi) is 6.29. The number of carbonyl (C=O) groups excluding carboxylic acids is 2. The molecule has 2 atom stereocenters. The highest BCUT2D eigenvalue weighted by molar-refractivity contribution is 6.23. The van der Waals surface area contributed by atoms with E-state index in [-0.39, 0.29) is 11.9 Å². The van der Waals surface area contributed by atoms with Crippen molar-refractivity contribution in [3.63, 3.8) is 0 Å². The van der Waals surface area contributed by atoms with Crippen LogP contribution in [0.4, 0.5) is 4.79 Å². The lowest BCUT2D eigenvalue weighted by atomic mass is 10.0. The van der Waals surface area contributed by atoms with Crippen molar-refractivity contribution in [1.29, 1.82) is 0 Å². The molecule has 0 saturated carbocycles. The van der Waals surface area contributed by atoms with Gasteiger partial charge in [0.15, 0.2) is 0 Å². The molecule has 150 valence electrons. The molecule has 2 fully saturated rings. The zero-order valence-corrected chi connectivity index (χ0v) is 17.3. The van der Waals surface area contributed by atoms with E-state index in [0.717, 1.165) is 44.9 Å². The van der Waals surface area contributed by atoms with Gasteiger partial charge < -0.3 is 0 Å². The summed E-state index contributed by atoms with van der Waals surface area (Å²) in [4.78, 5) is 35.2. The van der Waals surface area contributed by atoms with Gasteiger partial charge in [-0.2, -0.15) is 0 Å². The van der Waals surface area contributed by atoms with Crippen molar-refractivity contribution in [2.45, 2.75) is 58.4 Å². The fourth-order valence-corrected chi connectivity index (χ4v) is 4.37. The second-order valence-corrected chi connectivity index (χ2v) is 8.26. The number of nitrogens with zero attached hydrogens (tertiary/aromatic N) is 5. The quantitative estimate of drug-likeness (QED) is 0.504. The van der Waals surface area contributed by atoms with Crippen LogP contribution in [0.1, 0.15) is 52.4 Å². The zero-order chi connectivity index (χ0) is 19.6. The molecule has 3 amide bonds. The Balaban J connectivity index is 1.84. The summed E-state index contributed by atoms with van der Waals surface area (Å²) in [5, 5.41) is 0. The SMILES string of the molecule is CCCCCC[N+]1=C(CN2CCCC(C)C2)N=C2C1C(=O)N(C)C(=O)N2C. The van der Waals surface area contributed by atoms with Crippen LogP contribution in [0, 0.1) is 5.92 Å². The van der Waals surface area contributed by atoms with Gasteiger partial charge in [0.2, 0.25) is 0 Å². The number of amidine groups is 2. The molecule has 0 aliphatic carbocycles. The highest BCUT2D eigenvalue weighted by Crippen LogP contribution is 2.21. The van der Waals surface area contributed by atoms with E-state index in [4.69, 9.17) is 4.99 Å². The fraction of sp³-hybridized carbons (Fsp3) is 0.800. The van der Waals surface area contributed by atoms with E-state index in [0.29, 0.717) is 11.8 Å². The lowest BCUT2D eigenvalue weighted by Crippen LogP contribution is -2.61. The van der Waals surface area contributed by atoms with E-state index < -0.39 is 6.04 Å². The van der Waals surface area contributed by atoms with Crippen molar-refractivity contribution in [2.24, 2.45) is 10.9 Å². The minimum absolute atomic E-state index is 0.158. The first-order valence-corrected chi connectivity index (χ1v) is 10.4.